The summed E-state index contributed by atoms with van der Waals surface area (Å²) in [5.74, 6) is -1.78. The first-order valence-electron chi connectivity index (χ1n) is 15.5. The minimum absolute atomic E-state index is 0.200. The van der Waals surface area contributed by atoms with E-state index >= 15 is 0 Å². The molecule has 46 heavy (non-hydrogen) atoms. The lowest BCUT2D eigenvalue weighted by molar-refractivity contribution is -0.249. The molecule has 1 saturated heterocycles. The van der Waals surface area contributed by atoms with E-state index in [2.05, 4.69) is 45.0 Å². The molecule has 0 bridgehead atoms. The molecule has 1 aliphatic heterocycles. The maximum atomic E-state index is 12.3. The molecule has 1 heterocycles. The van der Waals surface area contributed by atoms with Crippen molar-refractivity contribution in [3.05, 3.63) is 95.0 Å². The fraction of sp³-hybridized carbons (Fsp3) is 0.417. The summed E-state index contributed by atoms with van der Waals surface area (Å²) in [7, 11) is -2.88. The molecule has 1 aliphatic rings. The van der Waals surface area contributed by atoms with Gasteiger partial charge >= 0.3 is 17.9 Å². The lowest BCUT2D eigenvalue weighted by Crippen LogP contribution is -2.66. The number of halogens is 1. The Morgan fingerprint density at radius 1 is 0.761 bits per heavy atom. The van der Waals surface area contributed by atoms with Gasteiger partial charge in [0.2, 0.25) is 0 Å². The largest absolute Gasteiger partial charge is 0.456 e. The second kappa shape index (κ2) is 14.9. The Labute approximate surface area is 277 Å². The molecule has 3 aromatic carbocycles. The van der Waals surface area contributed by atoms with Gasteiger partial charge in [-0.25, -0.2) is 0 Å². The van der Waals surface area contributed by atoms with Gasteiger partial charge in [0, 0.05) is 25.8 Å². The second-order valence-electron chi connectivity index (χ2n) is 12.5. The molecule has 0 N–H and O–H groups in total. The molecule has 0 aliphatic carbocycles. The van der Waals surface area contributed by atoms with Crippen molar-refractivity contribution in [1.29, 1.82) is 0 Å². The Morgan fingerprint density at radius 3 is 1.74 bits per heavy atom. The van der Waals surface area contributed by atoms with Crippen LogP contribution in [-0.2, 0) is 44.4 Å². The van der Waals surface area contributed by atoms with E-state index in [1.54, 1.807) is 12.1 Å². The van der Waals surface area contributed by atoms with Crippen LogP contribution in [0.1, 0.15) is 72.1 Å². The highest BCUT2D eigenvalue weighted by Gasteiger charge is 2.52. The number of ether oxygens (including phenoxy) is 4. The number of carbonyl (C=O) groups excluding carboxylic acids is 3. The number of hydrogen-bond donors (Lipinski definition) is 0. The lowest BCUT2D eigenvalue weighted by atomic mass is 9.89. The van der Waals surface area contributed by atoms with Crippen LogP contribution in [0.25, 0.3) is 0 Å². The van der Waals surface area contributed by atoms with E-state index in [0.29, 0.717) is 17.0 Å². The van der Waals surface area contributed by atoms with Crippen molar-refractivity contribution in [2.24, 2.45) is 0 Å². The van der Waals surface area contributed by atoms with E-state index in [9.17, 15) is 14.4 Å². The zero-order valence-corrected chi connectivity index (χ0v) is 29.2. The van der Waals surface area contributed by atoms with Crippen LogP contribution in [0.3, 0.4) is 0 Å². The first-order valence-corrected chi connectivity index (χ1v) is 17.8. The zero-order chi connectivity index (χ0) is 33.6. The van der Waals surface area contributed by atoms with Crippen molar-refractivity contribution >= 4 is 48.2 Å². The normalized spacial score (nSPS) is 21.7. The Balaban J connectivity index is 1.78. The standard InChI is InChI=1S/C36H43ClO8Si/c1-8-31-33(42-23(2)38)35(44-25(4)40)34(43-24(3)39)32(45-31)26-19-20-30(37)27(21-26)22-41-46(36(5,6)7,28-15-11-9-12-16-28)29-17-13-10-14-18-29/h9-21,31-35H,8,22H2,1-7H3/t31-,32+,33-,34+,35+/m1/s1. The number of benzene rings is 3. The van der Waals surface area contributed by atoms with Crippen molar-refractivity contribution in [3.63, 3.8) is 0 Å². The number of carbonyl (C=O) groups is 3. The molecule has 10 heteroatoms. The van der Waals surface area contributed by atoms with E-state index in [-0.39, 0.29) is 11.6 Å². The first-order chi connectivity index (χ1) is 21.8. The summed E-state index contributed by atoms with van der Waals surface area (Å²) < 4.78 is 30.6. The summed E-state index contributed by atoms with van der Waals surface area (Å²) in [6.07, 6.45) is -4.22. The van der Waals surface area contributed by atoms with E-state index in [4.69, 9.17) is 35.0 Å². The maximum absolute atomic E-state index is 12.3. The first kappa shape index (κ1) is 35.4. The van der Waals surface area contributed by atoms with Gasteiger partial charge in [-0.3, -0.25) is 14.4 Å². The van der Waals surface area contributed by atoms with E-state index in [1.165, 1.54) is 20.8 Å². The zero-order valence-electron chi connectivity index (χ0n) is 27.5. The highest BCUT2D eigenvalue weighted by molar-refractivity contribution is 6.99. The van der Waals surface area contributed by atoms with Gasteiger partial charge in [-0.15, -0.1) is 0 Å². The Bertz CT molecular complexity index is 1470. The third-order valence-electron chi connectivity index (χ3n) is 8.20. The van der Waals surface area contributed by atoms with E-state index in [0.717, 1.165) is 15.9 Å². The summed E-state index contributed by atoms with van der Waals surface area (Å²) in [4.78, 5) is 36.6. The highest BCUT2D eigenvalue weighted by atomic mass is 35.5. The summed E-state index contributed by atoms with van der Waals surface area (Å²) in [5.41, 5.74) is 1.37. The smallest absolute Gasteiger partial charge is 0.303 e. The summed E-state index contributed by atoms with van der Waals surface area (Å²) in [6.45, 7) is 12.5. The van der Waals surface area contributed by atoms with Gasteiger partial charge in [0.15, 0.2) is 18.3 Å². The SMILES string of the molecule is CC[C@H]1O[C@@H](c2ccc(Cl)c(CO[Si](c3ccccc3)(c3ccccc3)C(C)(C)C)c2)[C@H](OC(C)=O)[C@@H](OC(C)=O)[C@@H]1OC(C)=O. The monoisotopic (exact) mass is 666 g/mol. The van der Waals surface area contributed by atoms with E-state index < -0.39 is 56.7 Å². The minimum Gasteiger partial charge on any atom is -0.456 e. The van der Waals surface area contributed by atoms with Crippen LogP contribution in [0, 0.1) is 0 Å². The molecule has 1 fully saturated rings. The Kier molecular flexibility index (Phi) is 11.5. The molecule has 4 rings (SSSR count). The van der Waals surface area contributed by atoms with Gasteiger partial charge in [-0.1, -0.05) is 106 Å². The van der Waals surface area contributed by atoms with Crippen LogP contribution in [0.4, 0.5) is 0 Å². The van der Waals surface area contributed by atoms with Crippen molar-refractivity contribution in [1.82, 2.24) is 0 Å². The molecule has 0 aromatic heterocycles. The van der Waals surface area contributed by atoms with Gasteiger partial charge in [-0.05, 0) is 45.1 Å². The summed E-state index contributed by atoms with van der Waals surface area (Å²) >= 11 is 6.81. The van der Waals surface area contributed by atoms with Crippen molar-refractivity contribution in [2.45, 2.75) is 97.1 Å². The number of rotatable bonds is 10. The van der Waals surface area contributed by atoms with E-state index in [1.807, 2.05) is 49.4 Å². The van der Waals surface area contributed by atoms with Gasteiger partial charge in [0.25, 0.3) is 8.32 Å². The fourth-order valence-electron chi connectivity index (χ4n) is 6.32. The molecule has 0 radical (unpaired) electrons. The van der Waals surface area contributed by atoms with Crippen LogP contribution < -0.4 is 10.4 Å². The predicted molar refractivity (Wildman–Crippen MR) is 178 cm³/mol. The Morgan fingerprint density at radius 2 is 1.26 bits per heavy atom. The molecule has 5 atom stereocenters. The molecular weight excluding hydrogens is 624 g/mol. The molecule has 246 valence electrons. The van der Waals surface area contributed by atoms with Gasteiger partial charge in [0.05, 0.1) is 12.7 Å². The third kappa shape index (κ3) is 7.71. The quantitative estimate of drug-likeness (QED) is 0.146. The molecule has 0 amide bonds. The average molecular weight is 667 g/mol. The molecule has 8 nitrogen and oxygen atoms in total. The number of hydrogen-bond acceptors (Lipinski definition) is 8. The van der Waals surface area contributed by atoms with Crippen LogP contribution in [0.5, 0.6) is 0 Å². The third-order valence-corrected chi connectivity index (χ3v) is 13.6. The lowest BCUT2D eigenvalue weighted by Gasteiger charge is -2.45. The van der Waals surface area contributed by atoms with Crippen molar-refractivity contribution in [3.8, 4) is 0 Å². The predicted octanol–water partition coefficient (Wildman–Crippen LogP) is 6.06. The molecule has 0 spiro atoms. The van der Waals surface area contributed by atoms with Gasteiger partial charge in [-0.2, -0.15) is 0 Å². The summed E-state index contributed by atoms with van der Waals surface area (Å²) in [5, 5.41) is 2.53. The van der Waals surface area contributed by atoms with Crippen LogP contribution in [-0.4, -0.2) is 50.6 Å². The maximum Gasteiger partial charge on any atom is 0.303 e. The summed E-state index contributed by atoms with van der Waals surface area (Å²) in [6, 6.07) is 26.1. The molecular formula is C36H43ClO8Si. The van der Waals surface area contributed by atoms with Crippen molar-refractivity contribution in [2.75, 3.05) is 0 Å². The van der Waals surface area contributed by atoms with Gasteiger partial charge < -0.3 is 23.4 Å². The number of esters is 3. The minimum atomic E-state index is -2.88. The average Bonchev–Trinajstić information content (AvgIpc) is 3.00. The molecule has 0 unspecified atom stereocenters. The molecule has 0 saturated carbocycles. The van der Waals surface area contributed by atoms with Crippen LogP contribution in [0.15, 0.2) is 78.9 Å². The Hall–Kier alpha value is -3.50. The fourth-order valence-corrected chi connectivity index (χ4v) is 11.0. The van der Waals surface area contributed by atoms with Crippen molar-refractivity contribution < 1.29 is 37.8 Å². The van der Waals surface area contributed by atoms with Crippen LogP contribution >= 0.6 is 11.6 Å². The molecule has 3 aromatic rings. The topological polar surface area (TPSA) is 97.4 Å². The second-order valence-corrected chi connectivity index (χ2v) is 17.2. The highest BCUT2D eigenvalue weighted by Crippen LogP contribution is 2.41. The van der Waals surface area contributed by atoms with Crippen LogP contribution in [0.2, 0.25) is 10.1 Å². The van der Waals surface area contributed by atoms with Gasteiger partial charge in [0.1, 0.15) is 6.10 Å².